The third-order valence-electron chi connectivity index (χ3n) is 6.56. The molecule has 3 aromatic rings. The predicted octanol–water partition coefficient (Wildman–Crippen LogP) is 7.26. The Labute approximate surface area is 195 Å². The van der Waals surface area contributed by atoms with Gasteiger partial charge in [0.15, 0.2) is 0 Å². The second-order valence-electron chi connectivity index (χ2n) is 9.95. The zero-order valence-electron chi connectivity index (χ0n) is 19.5. The van der Waals surface area contributed by atoms with Crippen LogP contribution in [0.25, 0.3) is 11.1 Å². The fourth-order valence-electron chi connectivity index (χ4n) is 4.59. The summed E-state index contributed by atoms with van der Waals surface area (Å²) in [6, 6.07) is 21.0. The van der Waals surface area contributed by atoms with Gasteiger partial charge in [-0.15, -0.1) is 0 Å². The van der Waals surface area contributed by atoms with Crippen LogP contribution >= 0.6 is 0 Å². The van der Waals surface area contributed by atoms with Crippen LogP contribution in [0.3, 0.4) is 0 Å². The van der Waals surface area contributed by atoms with Gasteiger partial charge in [-0.3, -0.25) is 4.79 Å². The van der Waals surface area contributed by atoms with Gasteiger partial charge in [0.1, 0.15) is 0 Å². The number of carbonyl (C=O) groups excluding carboxylic acids is 1. The Morgan fingerprint density at radius 1 is 0.848 bits per heavy atom. The Bertz CT molecular complexity index is 1150. The lowest BCUT2D eigenvalue weighted by Crippen LogP contribution is -2.14. The van der Waals surface area contributed by atoms with Crippen LogP contribution in [-0.2, 0) is 5.41 Å². The first-order valence-electron chi connectivity index (χ1n) is 11.6. The molecule has 1 aliphatic carbocycles. The lowest BCUT2D eigenvalue weighted by Gasteiger charge is -2.19. The van der Waals surface area contributed by atoms with Gasteiger partial charge in [-0.25, -0.2) is 4.79 Å². The van der Waals surface area contributed by atoms with E-state index in [1.165, 1.54) is 18.4 Å². The fourth-order valence-corrected chi connectivity index (χ4v) is 4.59. The van der Waals surface area contributed by atoms with Gasteiger partial charge in [-0.2, -0.15) is 0 Å². The van der Waals surface area contributed by atoms with Crippen molar-refractivity contribution in [2.45, 2.75) is 57.8 Å². The molecule has 1 aliphatic rings. The third kappa shape index (κ3) is 5.16. The summed E-state index contributed by atoms with van der Waals surface area (Å²) >= 11 is 0. The molecule has 0 bridgehead atoms. The quantitative estimate of drug-likeness (QED) is 0.438. The zero-order chi connectivity index (χ0) is 23.6. The number of hydrogen-bond acceptors (Lipinski definition) is 2. The molecule has 0 aromatic heterocycles. The first-order chi connectivity index (χ1) is 15.7. The van der Waals surface area contributed by atoms with Crippen LogP contribution in [0.1, 0.15) is 84.2 Å². The summed E-state index contributed by atoms with van der Waals surface area (Å²) < 4.78 is 0. The molecule has 4 rings (SSSR count). The molecule has 0 atom stereocenters. The number of nitrogens with one attached hydrogen (secondary N) is 1. The van der Waals surface area contributed by atoms with Crippen molar-refractivity contribution in [2.24, 2.45) is 0 Å². The standard InChI is InChI=1S/C29H31NO3/c1-29(2,3)23-13-8-21(9-14-23)27(31)30-24-15-10-20(11-16-24)25-17-12-22(28(32)33)18-26(25)19-6-4-5-7-19/h8-19H,4-7H2,1-3H3,(H,30,31)(H,32,33). The van der Waals surface area contributed by atoms with Gasteiger partial charge in [-0.05, 0) is 82.8 Å². The lowest BCUT2D eigenvalue weighted by atomic mass is 9.86. The van der Waals surface area contributed by atoms with E-state index in [9.17, 15) is 14.7 Å². The van der Waals surface area contributed by atoms with Crippen LogP contribution in [0.4, 0.5) is 5.69 Å². The average molecular weight is 442 g/mol. The maximum Gasteiger partial charge on any atom is 0.335 e. The molecule has 1 fully saturated rings. The molecule has 0 spiro atoms. The summed E-state index contributed by atoms with van der Waals surface area (Å²) in [6.07, 6.45) is 4.56. The fraction of sp³-hybridized carbons (Fsp3) is 0.310. The number of anilines is 1. The SMILES string of the molecule is CC(C)(C)c1ccc(C(=O)Nc2ccc(-c3ccc(C(=O)O)cc3C3CCCC3)cc2)cc1. The van der Waals surface area contributed by atoms with Crippen molar-refractivity contribution in [2.75, 3.05) is 5.32 Å². The summed E-state index contributed by atoms with van der Waals surface area (Å²) in [5.74, 6) is -0.634. The molecule has 3 aromatic carbocycles. The zero-order valence-corrected chi connectivity index (χ0v) is 19.5. The van der Waals surface area contributed by atoms with Gasteiger partial charge in [0.05, 0.1) is 5.56 Å². The molecule has 0 heterocycles. The minimum absolute atomic E-state index is 0.0465. The molecular weight excluding hydrogens is 410 g/mol. The van der Waals surface area contributed by atoms with Crippen molar-refractivity contribution < 1.29 is 14.7 Å². The van der Waals surface area contributed by atoms with Crippen LogP contribution in [0, 0.1) is 0 Å². The van der Waals surface area contributed by atoms with Gasteiger partial charge < -0.3 is 10.4 Å². The van der Waals surface area contributed by atoms with E-state index < -0.39 is 5.97 Å². The highest BCUT2D eigenvalue weighted by molar-refractivity contribution is 6.04. The van der Waals surface area contributed by atoms with E-state index in [0.717, 1.165) is 35.2 Å². The number of aromatic carboxylic acids is 1. The van der Waals surface area contributed by atoms with Gasteiger partial charge in [0.2, 0.25) is 0 Å². The number of amides is 1. The topological polar surface area (TPSA) is 66.4 Å². The van der Waals surface area contributed by atoms with Crippen LogP contribution in [0.2, 0.25) is 0 Å². The number of rotatable bonds is 5. The Hall–Kier alpha value is -3.40. The largest absolute Gasteiger partial charge is 0.478 e. The summed E-state index contributed by atoms with van der Waals surface area (Å²) in [5, 5.41) is 12.4. The highest BCUT2D eigenvalue weighted by Crippen LogP contribution is 2.40. The van der Waals surface area contributed by atoms with Crippen LogP contribution in [-0.4, -0.2) is 17.0 Å². The monoisotopic (exact) mass is 441 g/mol. The van der Waals surface area contributed by atoms with Crippen LogP contribution in [0.15, 0.2) is 66.7 Å². The highest BCUT2D eigenvalue weighted by Gasteiger charge is 2.22. The minimum Gasteiger partial charge on any atom is -0.478 e. The molecule has 4 heteroatoms. The number of carboxylic acids is 1. The van der Waals surface area contributed by atoms with Gasteiger partial charge in [-0.1, -0.05) is 63.9 Å². The molecule has 1 saturated carbocycles. The maximum atomic E-state index is 12.7. The summed E-state index contributed by atoms with van der Waals surface area (Å²) in [7, 11) is 0. The summed E-state index contributed by atoms with van der Waals surface area (Å²) in [6.45, 7) is 6.45. The molecule has 33 heavy (non-hydrogen) atoms. The number of carboxylic acid groups (broad SMARTS) is 1. The molecule has 0 radical (unpaired) electrons. The van der Waals surface area contributed by atoms with Gasteiger partial charge in [0, 0.05) is 11.3 Å². The number of benzene rings is 3. The molecule has 2 N–H and O–H groups in total. The Morgan fingerprint density at radius 3 is 2.03 bits per heavy atom. The van der Waals surface area contributed by atoms with E-state index in [2.05, 4.69) is 26.1 Å². The normalized spacial score (nSPS) is 14.3. The molecular formula is C29H31NO3. The van der Waals surface area contributed by atoms with E-state index in [0.29, 0.717) is 17.0 Å². The van der Waals surface area contributed by atoms with Crippen molar-refractivity contribution >= 4 is 17.6 Å². The summed E-state index contributed by atoms with van der Waals surface area (Å²) in [5.41, 5.74) is 6.14. The highest BCUT2D eigenvalue weighted by atomic mass is 16.4. The number of hydrogen-bond donors (Lipinski definition) is 2. The molecule has 170 valence electrons. The molecule has 4 nitrogen and oxygen atoms in total. The lowest BCUT2D eigenvalue weighted by molar-refractivity contribution is 0.0696. The van der Waals surface area contributed by atoms with Crippen molar-refractivity contribution in [3.05, 3.63) is 89.0 Å². The average Bonchev–Trinajstić information content (AvgIpc) is 3.33. The first-order valence-corrected chi connectivity index (χ1v) is 11.6. The molecule has 0 aliphatic heterocycles. The third-order valence-corrected chi connectivity index (χ3v) is 6.56. The minimum atomic E-state index is -0.894. The van der Waals surface area contributed by atoms with E-state index in [4.69, 9.17) is 0 Å². The van der Waals surface area contributed by atoms with Crippen molar-refractivity contribution in [1.29, 1.82) is 0 Å². The maximum absolute atomic E-state index is 12.7. The van der Waals surface area contributed by atoms with E-state index in [1.54, 1.807) is 6.07 Å². The second-order valence-corrected chi connectivity index (χ2v) is 9.95. The molecule has 1 amide bonds. The van der Waals surface area contributed by atoms with Crippen molar-refractivity contribution in [1.82, 2.24) is 0 Å². The van der Waals surface area contributed by atoms with Crippen LogP contribution in [0.5, 0.6) is 0 Å². The van der Waals surface area contributed by atoms with E-state index >= 15 is 0 Å². The Morgan fingerprint density at radius 2 is 1.45 bits per heavy atom. The first kappa shape index (κ1) is 22.8. The van der Waals surface area contributed by atoms with E-state index in [1.807, 2.05) is 60.7 Å². The van der Waals surface area contributed by atoms with Crippen LogP contribution < -0.4 is 5.32 Å². The second kappa shape index (κ2) is 9.22. The summed E-state index contributed by atoms with van der Waals surface area (Å²) in [4.78, 5) is 24.2. The van der Waals surface area contributed by atoms with Gasteiger partial charge in [0.25, 0.3) is 5.91 Å². The van der Waals surface area contributed by atoms with Crippen molar-refractivity contribution in [3.8, 4) is 11.1 Å². The Balaban J connectivity index is 1.54. The predicted molar refractivity (Wildman–Crippen MR) is 133 cm³/mol. The van der Waals surface area contributed by atoms with Crippen molar-refractivity contribution in [3.63, 3.8) is 0 Å². The Kier molecular flexibility index (Phi) is 6.37. The van der Waals surface area contributed by atoms with Gasteiger partial charge >= 0.3 is 5.97 Å². The van der Waals surface area contributed by atoms with E-state index in [-0.39, 0.29) is 11.3 Å². The smallest absolute Gasteiger partial charge is 0.335 e. The molecule has 0 saturated heterocycles. The molecule has 0 unspecified atom stereocenters. The number of carbonyl (C=O) groups is 2.